The van der Waals surface area contributed by atoms with Gasteiger partial charge in [-0.1, -0.05) is 44.7 Å². The second kappa shape index (κ2) is 5.59. The van der Waals surface area contributed by atoms with Gasteiger partial charge in [-0.05, 0) is 36.1 Å². The molecule has 0 bridgehead atoms. The number of fused-ring (bicyclic) bond motifs is 1. The van der Waals surface area contributed by atoms with Crippen LogP contribution in [0.15, 0.2) is 24.4 Å². The van der Waals surface area contributed by atoms with Gasteiger partial charge in [0.15, 0.2) is 0 Å². The first-order valence-corrected chi connectivity index (χ1v) is 6.86. The summed E-state index contributed by atoms with van der Waals surface area (Å²) in [6, 6.07) is 6.06. The Balaban J connectivity index is 2.19. The second-order valence-electron chi connectivity index (χ2n) is 4.83. The lowest BCUT2D eigenvalue weighted by Gasteiger charge is -2.10. The van der Waals surface area contributed by atoms with Crippen LogP contribution in [0.3, 0.4) is 0 Å². The molecule has 2 heteroatoms. The van der Waals surface area contributed by atoms with Crippen molar-refractivity contribution >= 4 is 22.5 Å². The Labute approximate surface area is 108 Å². The van der Waals surface area contributed by atoms with Gasteiger partial charge in [0.2, 0.25) is 0 Å². The molecule has 92 valence electrons. The lowest BCUT2D eigenvalue weighted by atomic mass is 9.95. The van der Waals surface area contributed by atoms with E-state index < -0.39 is 0 Å². The third-order valence-electron chi connectivity index (χ3n) is 3.45. The fraction of sp³-hybridized carbons (Fsp3) is 0.467. The summed E-state index contributed by atoms with van der Waals surface area (Å²) in [5.74, 6) is 0.605. The number of nitrogens with one attached hydrogen (secondary N) is 1. The highest BCUT2D eigenvalue weighted by atomic mass is 35.5. The zero-order chi connectivity index (χ0) is 12.3. The molecule has 1 heterocycles. The monoisotopic (exact) mass is 249 g/mol. The van der Waals surface area contributed by atoms with Gasteiger partial charge in [0.1, 0.15) is 0 Å². The van der Waals surface area contributed by atoms with E-state index in [0.29, 0.717) is 5.92 Å². The number of H-pyrrole nitrogens is 1. The predicted octanol–water partition coefficient (Wildman–Crippen LogP) is 5.51. The van der Waals surface area contributed by atoms with Crippen molar-refractivity contribution in [1.29, 1.82) is 0 Å². The lowest BCUT2D eigenvalue weighted by Crippen LogP contribution is -1.92. The van der Waals surface area contributed by atoms with Crippen LogP contribution < -0.4 is 0 Å². The SMILES string of the molecule is CCCCCC(C)c1c[nH]c2ccc(Cl)cc12. The Morgan fingerprint density at radius 1 is 1.29 bits per heavy atom. The average Bonchev–Trinajstić information content (AvgIpc) is 2.72. The Kier molecular flexibility index (Phi) is 4.11. The van der Waals surface area contributed by atoms with Gasteiger partial charge in [-0.25, -0.2) is 0 Å². The lowest BCUT2D eigenvalue weighted by molar-refractivity contribution is 0.600. The van der Waals surface area contributed by atoms with Crippen LogP contribution in [0.2, 0.25) is 5.02 Å². The molecule has 0 fully saturated rings. The number of hydrogen-bond acceptors (Lipinski definition) is 0. The third-order valence-corrected chi connectivity index (χ3v) is 3.68. The van der Waals surface area contributed by atoms with Gasteiger partial charge >= 0.3 is 0 Å². The molecule has 17 heavy (non-hydrogen) atoms. The van der Waals surface area contributed by atoms with Crippen LogP contribution in [-0.2, 0) is 0 Å². The molecule has 1 aromatic heterocycles. The van der Waals surface area contributed by atoms with Crippen LogP contribution in [-0.4, -0.2) is 4.98 Å². The Morgan fingerprint density at radius 3 is 2.88 bits per heavy atom. The minimum atomic E-state index is 0.605. The van der Waals surface area contributed by atoms with E-state index in [0.717, 1.165) is 5.02 Å². The number of benzene rings is 1. The fourth-order valence-electron chi connectivity index (χ4n) is 2.38. The van der Waals surface area contributed by atoms with Gasteiger partial charge < -0.3 is 4.98 Å². The zero-order valence-electron chi connectivity index (χ0n) is 10.6. The number of rotatable bonds is 5. The van der Waals surface area contributed by atoms with Crippen molar-refractivity contribution in [3.63, 3.8) is 0 Å². The summed E-state index contributed by atoms with van der Waals surface area (Å²) in [5, 5.41) is 2.10. The number of aromatic nitrogens is 1. The molecule has 2 aromatic rings. The Hall–Kier alpha value is -0.950. The highest BCUT2D eigenvalue weighted by Gasteiger charge is 2.11. The minimum Gasteiger partial charge on any atom is -0.361 e. The molecule has 0 spiro atoms. The van der Waals surface area contributed by atoms with Gasteiger partial charge in [-0.3, -0.25) is 0 Å². The van der Waals surface area contributed by atoms with Crippen LogP contribution in [0.4, 0.5) is 0 Å². The fourth-order valence-corrected chi connectivity index (χ4v) is 2.55. The summed E-state index contributed by atoms with van der Waals surface area (Å²) < 4.78 is 0. The number of hydrogen-bond donors (Lipinski definition) is 1. The van der Waals surface area contributed by atoms with Crippen molar-refractivity contribution in [2.75, 3.05) is 0 Å². The number of aromatic amines is 1. The first-order valence-electron chi connectivity index (χ1n) is 6.49. The minimum absolute atomic E-state index is 0.605. The van der Waals surface area contributed by atoms with Crippen LogP contribution in [0.25, 0.3) is 10.9 Å². The molecule has 0 saturated heterocycles. The summed E-state index contributed by atoms with van der Waals surface area (Å²) in [5.41, 5.74) is 2.59. The number of unbranched alkanes of at least 4 members (excludes halogenated alkanes) is 2. The molecule has 0 saturated carbocycles. The summed E-state index contributed by atoms with van der Waals surface area (Å²) in [6.45, 7) is 4.55. The van der Waals surface area contributed by atoms with Crippen LogP contribution in [0, 0.1) is 0 Å². The van der Waals surface area contributed by atoms with Crippen LogP contribution >= 0.6 is 11.6 Å². The topological polar surface area (TPSA) is 15.8 Å². The molecule has 0 aliphatic heterocycles. The van der Waals surface area contributed by atoms with Crippen molar-refractivity contribution in [1.82, 2.24) is 4.98 Å². The van der Waals surface area contributed by atoms with Gasteiger partial charge in [0.05, 0.1) is 0 Å². The first-order chi connectivity index (χ1) is 8.22. The smallest absolute Gasteiger partial charge is 0.0457 e. The van der Waals surface area contributed by atoms with E-state index in [2.05, 4.69) is 37.2 Å². The van der Waals surface area contributed by atoms with E-state index in [1.165, 1.54) is 42.1 Å². The predicted molar refractivity (Wildman–Crippen MR) is 75.9 cm³/mol. The average molecular weight is 250 g/mol. The van der Waals surface area contributed by atoms with Crippen molar-refractivity contribution in [3.8, 4) is 0 Å². The summed E-state index contributed by atoms with van der Waals surface area (Å²) in [4.78, 5) is 3.33. The molecule has 0 radical (unpaired) electrons. The van der Waals surface area contributed by atoms with Crippen LogP contribution in [0.1, 0.15) is 51.0 Å². The maximum atomic E-state index is 6.07. The molecule has 0 aliphatic rings. The molecule has 1 unspecified atom stereocenters. The molecular formula is C15H20ClN. The van der Waals surface area contributed by atoms with Crippen molar-refractivity contribution in [3.05, 3.63) is 35.0 Å². The quantitative estimate of drug-likeness (QED) is 0.673. The first kappa shape index (κ1) is 12.5. The molecule has 2 rings (SSSR count). The summed E-state index contributed by atoms with van der Waals surface area (Å²) in [6.07, 6.45) is 7.32. The van der Waals surface area contributed by atoms with Crippen molar-refractivity contribution in [2.24, 2.45) is 0 Å². The van der Waals surface area contributed by atoms with Gasteiger partial charge in [-0.15, -0.1) is 0 Å². The third kappa shape index (κ3) is 2.84. The summed E-state index contributed by atoms with van der Waals surface area (Å²) in [7, 11) is 0. The van der Waals surface area contributed by atoms with Crippen molar-refractivity contribution < 1.29 is 0 Å². The van der Waals surface area contributed by atoms with Crippen molar-refractivity contribution in [2.45, 2.75) is 45.4 Å². The maximum absolute atomic E-state index is 6.07. The van der Waals surface area contributed by atoms with E-state index in [4.69, 9.17) is 11.6 Å². The zero-order valence-corrected chi connectivity index (χ0v) is 11.3. The molecule has 1 aromatic carbocycles. The van der Waals surface area contributed by atoms with Gasteiger partial charge in [-0.2, -0.15) is 0 Å². The van der Waals surface area contributed by atoms with Gasteiger partial charge in [0.25, 0.3) is 0 Å². The standard InChI is InChI=1S/C15H20ClN/c1-3-4-5-6-11(2)14-10-17-15-8-7-12(16)9-13(14)15/h7-11,17H,3-6H2,1-2H3. The largest absolute Gasteiger partial charge is 0.361 e. The molecule has 1 nitrogen and oxygen atoms in total. The van der Waals surface area contributed by atoms with E-state index in [1.54, 1.807) is 0 Å². The molecule has 0 aliphatic carbocycles. The normalized spacial score (nSPS) is 13.1. The van der Waals surface area contributed by atoms with E-state index in [-0.39, 0.29) is 0 Å². The molecule has 1 N–H and O–H groups in total. The highest BCUT2D eigenvalue weighted by Crippen LogP contribution is 2.30. The second-order valence-corrected chi connectivity index (χ2v) is 5.27. The van der Waals surface area contributed by atoms with E-state index >= 15 is 0 Å². The molecular weight excluding hydrogens is 230 g/mol. The number of halogens is 1. The highest BCUT2D eigenvalue weighted by molar-refractivity contribution is 6.31. The Bertz CT molecular complexity index is 487. The van der Waals surface area contributed by atoms with Crippen LogP contribution in [0.5, 0.6) is 0 Å². The molecule has 1 atom stereocenters. The summed E-state index contributed by atoms with van der Waals surface area (Å²) >= 11 is 6.07. The maximum Gasteiger partial charge on any atom is 0.0457 e. The Morgan fingerprint density at radius 2 is 2.12 bits per heavy atom. The van der Waals surface area contributed by atoms with Gasteiger partial charge in [0, 0.05) is 22.1 Å². The van der Waals surface area contributed by atoms with E-state index in [9.17, 15) is 0 Å². The molecule has 0 amide bonds. The van der Waals surface area contributed by atoms with E-state index in [1.807, 2.05) is 6.07 Å².